The molecule has 2 heterocycles. The Hall–Kier alpha value is -4.64. The van der Waals surface area contributed by atoms with Gasteiger partial charge in [0.2, 0.25) is 5.88 Å². The van der Waals surface area contributed by atoms with E-state index < -0.39 is 17.9 Å². The molecular formula is C26H21N3O5. The minimum Gasteiger partial charge on any atom is -0.463 e. The Morgan fingerprint density at radius 3 is 2.59 bits per heavy atom. The minimum absolute atomic E-state index is 0.000874. The fourth-order valence-corrected chi connectivity index (χ4v) is 3.86. The van der Waals surface area contributed by atoms with Crippen molar-refractivity contribution in [2.24, 2.45) is 5.73 Å². The lowest BCUT2D eigenvalue weighted by molar-refractivity contribution is -0.139. The highest BCUT2D eigenvalue weighted by Gasteiger charge is 2.38. The van der Waals surface area contributed by atoms with Crippen molar-refractivity contribution in [3.63, 3.8) is 0 Å². The van der Waals surface area contributed by atoms with Crippen LogP contribution in [-0.2, 0) is 14.3 Å². The van der Waals surface area contributed by atoms with Crippen LogP contribution in [0.15, 0.2) is 83.6 Å². The molecule has 0 fully saturated rings. The van der Waals surface area contributed by atoms with Crippen molar-refractivity contribution in [1.82, 2.24) is 4.98 Å². The molecular weight excluding hydrogens is 434 g/mol. The molecule has 170 valence electrons. The van der Waals surface area contributed by atoms with Crippen molar-refractivity contribution in [1.29, 1.82) is 5.26 Å². The lowest BCUT2D eigenvalue weighted by Gasteiger charge is -2.28. The minimum atomic E-state index is -0.984. The molecule has 4 rings (SSSR count). The van der Waals surface area contributed by atoms with Gasteiger partial charge in [0.25, 0.3) is 0 Å². The first-order chi connectivity index (χ1) is 16.5. The lowest BCUT2D eigenvalue weighted by Crippen LogP contribution is -2.26. The highest BCUT2D eigenvalue weighted by atomic mass is 16.5. The number of benzene rings is 2. The third-order valence-corrected chi connectivity index (χ3v) is 5.37. The van der Waals surface area contributed by atoms with Crippen molar-refractivity contribution in [3.05, 3.63) is 94.7 Å². The molecule has 8 nitrogen and oxygen atoms in total. The predicted molar refractivity (Wildman–Crippen MR) is 123 cm³/mol. The summed E-state index contributed by atoms with van der Waals surface area (Å²) < 4.78 is 16.6. The van der Waals surface area contributed by atoms with Gasteiger partial charge in [-0.2, -0.15) is 5.26 Å². The molecule has 0 spiro atoms. The largest absolute Gasteiger partial charge is 0.463 e. The molecule has 3 aromatic rings. The number of ether oxygens (including phenoxy) is 3. The number of nitrogens with two attached hydrogens (primary N) is 1. The number of hydrogen-bond donors (Lipinski definition) is 1. The van der Waals surface area contributed by atoms with Crippen molar-refractivity contribution >= 4 is 22.8 Å². The van der Waals surface area contributed by atoms with E-state index >= 15 is 0 Å². The van der Waals surface area contributed by atoms with E-state index in [1.165, 1.54) is 0 Å². The average Bonchev–Trinajstić information content (AvgIpc) is 2.84. The number of pyridine rings is 1. The van der Waals surface area contributed by atoms with Crippen LogP contribution in [0.5, 0.6) is 5.75 Å². The van der Waals surface area contributed by atoms with Crippen LogP contribution >= 0.6 is 0 Å². The molecule has 0 saturated carbocycles. The molecule has 0 radical (unpaired) electrons. The second-order valence-electron chi connectivity index (χ2n) is 7.43. The van der Waals surface area contributed by atoms with Crippen LogP contribution in [0.4, 0.5) is 0 Å². The topological polar surface area (TPSA) is 125 Å². The lowest BCUT2D eigenvalue weighted by atomic mass is 9.82. The first-order valence-electron chi connectivity index (χ1n) is 10.6. The second-order valence-corrected chi connectivity index (χ2v) is 7.43. The zero-order chi connectivity index (χ0) is 24.2. The number of nitrogens with zero attached hydrogens (tertiary/aromatic N) is 2. The zero-order valence-electron chi connectivity index (χ0n) is 18.6. The fourth-order valence-electron chi connectivity index (χ4n) is 3.86. The van der Waals surface area contributed by atoms with Gasteiger partial charge < -0.3 is 19.9 Å². The zero-order valence-corrected chi connectivity index (χ0v) is 18.6. The van der Waals surface area contributed by atoms with Gasteiger partial charge in [-0.15, -0.1) is 0 Å². The van der Waals surface area contributed by atoms with Crippen molar-refractivity contribution < 1.29 is 23.8 Å². The number of esters is 2. The van der Waals surface area contributed by atoms with Gasteiger partial charge in [0.1, 0.15) is 22.9 Å². The van der Waals surface area contributed by atoms with E-state index in [-0.39, 0.29) is 35.1 Å². The van der Waals surface area contributed by atoms with Gasteiger partial charge in [0.05, 0.1) is 23.7 Å². The molecule has 1 atom stereocenters. The van der Waals surface area contributed by atoms with Gasteiger partial charge in [-0.1, -0.05) is 36.4 Å². The van der Waals surface area contributed by atoms with E-state index in [0.717, 1.165) is 0 Å². The van der Waals surface area contributed by atoms with E-state index in [1.54, 1.807) is 68.6 Å². The van der Waals surface area contributed by atoms with E-state index in [9.17, 15) is 14.9 Å². The van der Waals surface area contributed by atoms with Crippen LogP contribution in [0, 0.1) is 11.3 Å². The molecule has 0 aliphatic carbocycles. The van der Waals surface area contributed by atoms with Crippen LogP contribution in [0.2, 0.25) is 0 Å². The molecule has 0 saturated heterocycles. The van der Waals surface area contributed by atoms with E-state index in [1.807, 2.05) is 12.1 Å². The third kappa shape index (κ3) is 4.07. The van der Waals surface area contributed by atoms with Crippen LogP contribution in [0.3, 0.4) is 0 Å². The van der Waals surface area contributed by atoms with Crippen LogP contribution in [0.1, 0.15) is 35.7 Å². The van der Waals surface area contributed by atoms with Gasteiger partial charge in [-0.25, -0.2) is 9.59 Å². The second kappa shape index (κ2) is 9.46. The maximum absolute atomic E-state index is 13.0. The molecule has 1 aliphatic heterocycles. The van der Waals surface area contributed by atoms with Crippen molar-refractivity contribution in [3.8, 4) is 11.8 Å². The molecule has 2 N–H and O–H groups in total. The van der Waals surface area contributed by atoms with Gasteiger partial charge in [-0.05, 0) is 32.0 Å². The maximum atomic E-state index is 13.0. The quantitative estimate of drug-likeness (QED) is 0.450. The number of rotatable bonds is 5. The first kappa shape index (κ1) is 22.6. The molecule has 0 bridgehead atoms. The predicted octanol–water partition coefficient (Wildman–Crippen LogP) is 4.10. The molecule has 2 aromatic carbocycles. The summed E-state index contributed by atoms with van der Waals surface area (Å²) in [4.78, 5) is 30.3. The Morgan fingerprint density at radius 1 is 1.12 bits per heavy atom. The number of allylic oxidation sites excluding steroid dienone is 2. The summed E-state index contributed by atoms with van der Waals surface area (Å²) in [7, 11) is 0. The monoisotopic (exact) mass is 455 g/mol. The molecule has 34 heavy (non-hydrogen) atoms. The molecule has 1 aliphatic rings. The Kier molecular flexibility index (Phi) is 6.28. The summed E-state index contributed by atoms with van der Waals surface area (Å²) in [6, 6.07) is 17.6. The van der Waals surface area contributed by atoms with Gasteiger partial charge in [-0.3, -0.25) is 4.98 Å². The maximum Gasteiger partial charge on any atom is 0.343 e. The van der Waals surface area contributed by atoms with E-state index in [4.69, 9.17) is 19.9 Å². The highest BCUT2D eigenvalue weighted by Crippen LogP contribution is 2.45. The van der Waals surface area contributed by atoms with Gasteiger partial charge >= 0.3 is 11.9 Å². The summed E-state index contributed by atoms with van der Waals surface area (Å²) in [5.41, 5.74) is 7.21. The van der Waals surface area contributed by atoms with Gasteiger partial charge in [0.15, 0.2) is 5.75 Å². The number of aromatic nitrogens is 1. The SMILES string of the molecule is CCOC(=O)C1=C(C)OC(N)=C(C#N)C1c1ccc2cccnc2c1OC(=O)c1ccccc1. The van der Waals surface area contributed by atoms with Crippen LogP contribution in [0.25, 0.3) is 10.9 Å². The molecule has 1 unspecified atom stereocenters. The third-order valence-electron chi connectivity index (χ3n) is 5.37. The number of nitriles is 1. The Labute approximate surface area is 195 Å². The summed E-state index contributed by atoms with van der Waals surface area (Å²) in [6.45, 7) is 3.36. The first-order valence-corrected chi connectivity index (χ1v) is 10.6. The summed E-state index contributed by atoms with van der Waals surface area (Å²) in [5, 5.41) is 10.6. The van der Waals surface area contributed by atoms with Gasteiger partial charge in [0, 0.05) is 17.1 Å². The van der Waals surface area contributed by atoms with Crippen molar-refractivity contribution in [2.45, 2.75) is 19.8 Å². The highest BCUT2D eigenvalue weighted by molar-refractivity contribution is 5.97. The fraction of sp³-hybridized carbons (Fsp3) is 0.154. The normalized spacial score (nSPS) is 15.5. The van der Waals surface area contributed by atoms with Crippen LogP contribution in [-0.4, -0.2) is 23.5 Å². The number of carbonyl (C=O) groups is 2. The summed E-state index contributed by atoms with van der Waals surface area (Å²) in [6.07, 6.45) is 1.57. The van der Waals surface area contributed by atoms with Crippen molar-refractivity contribution in [2.75, 3.05) is 6.61 Å². The summed E-state index contributed by atoms with van der Waals surface area (Å²) in [5.74, 6) is -2.08. The number of hydrogen-bond acceptors (Lipinski definition) is 8. The molecule has 1 aromatic heterocycles. The van der Waals surface area contributed by atoms with Crippen LogP contribution < -0.4 is 10.5 Å². The van der Waals surface area contributed by atoms with E-state index in [0.29, 0.717) is 22.0 Å². The molecule has 0 amide bonds. The Bertz CT molecular complexity index is 1390. The number of carbonyl (C=O) groups excluding carboxylic acids is 2. The average molecular weight is 455 g/mol. The smallest absolute Gasteiger partial charge is 0.343 e. The van der Waals surface area contributed by atoms with E-state index in [2.05, 4.69) is 4.98 Å². The summed E-state index contributed by atoms with van der Waals surface area (Å²) >= 11 is 0. The Morgan fingerprint density at radius 2 is 1.88 bits per heavy atom. The standard InChI is InChI=1S/C26H21N3O5/c1-3-32-26(31)20-15(2)33-24(28)19(14-27)21(20)18-12-11-16-10-7-13-29-22(16)23(18)34-25(30)17-8-5-4-6-9-17/h4-13,21H,3,28H2,1-2H3. The molecule has 8 heteroatoms. The Balaban J connectivity index is 1.95. The number of fused-ring (bicyclic) bond motifs is 1.